The molecule has 2 rings (SSSR count). The molecule has 4 heteroatoms. The molecule has 0 spiro atoms. The molecule has 0 aliphatic heterocycles. The average Bonchev–Trinajstić information content (AvgIpc) is 2.49. The molecule has 0 aliphatic rings. The van der Waals surface area contributed by atoms with Crippen LogP contribution < -0.4 is 0 Å². The fourth-order valence-electron chi connectivity index (χ4n) is 2.16. The van der Waals surface area contributed by atoms with Gasteiger partial charge >= 0.3 is 0 Å². The van der Waals surface area contributed by atoms with Gasteiger partial charge in [-0.15, -0.1) is 0 Å². The molecule has 21 heavy (non-hydrogen) atoms. The topological polar surface area (TPSA) is 29.5 Å². The summed E-state index contributed by atoms with van der Waals surface area (Å²) in [5, 5.41) is 10.1. The molecule has 0 saturated heterocycles. The van der Waals surface area contributed by atoms with Crippen molar-refractivity contribution in [1.29, 1.82) is 0 Å². The van der Waals surface area contributed by atoms with Gasteiger partial charge in [-0.3, -0.25) is 0 Å². The van der Waals surface area contributed by atoms with Crippen molar-refractivity contribution in [3.63, 3.8) is 0 Å². The van der Waals surface area contributed by atoms with E-state index in [-0.39, 0.29) is 12.0 Å². The Morgan fingerprint density at radius 2 is 1.67 bits per heavy atom. The lowest BCUT2D eigenvalue weighted by atomic mass is 9.99. The van der Waals surface area contributed by atoms with E-state index in [1.54, 1.807) is 19.2 Å². The second-order valence-corrected chi connectivity index (χ2v) is 4.90. The summed E-state index contributed by atoms with van der Waals surface area (Å²) in [5.74, 6) is -1.27. The molecule has 1 unspecified atom stereocenters. The van der Waals surface area contributed by atoms with Crippen molar-refractivity contribution in [1.82, 2.24) is 0 Å². The Bertz CT molecular complexity index is 562. The number of hydrogen-bond donors (Lipinski definition) is 1. The number of methoxy groups -OCH3 is 1. The molecule has 0 amide bonds. The van der Waals surface area contributed by atoms with Gasteiger partial charge in [0.05, 0.1) is 12.7 Å². The van der Waals surface area contributed by atoms with Crippen LogP contribution in [0.4, 0.5) is 8.78 Å². The Morgan fingerprint density at radius 1 is 1.05 bits per heavy atom. The van der Waals surface area contributed by atoms with Crippen molar-refractivity contribution in [2.45, 2.75) is 18.9 Å². The first-order chi connectivity index (χ1) is 10.1. The smallest absolute Gasteiger partial charge is 0.129 e. The number of aliphatic hydroxyl groups is 1. The van der Waals surface area contributed by atoms with E-state index in [9.17, 15) is 13.9 Å². The van der Waals surface area contributed by atoms with Crippen LogP contribution in [-0.4, -0.2) is 18.8 Å². The molecule has 0 aliphatic carbocycles. The fourth-order valence-corrected chi connectivity index (χ4v) is 2.16. The highest BCUT2D eigenvalue weighted by Gasteiger charge is 2.15. The van der Waals surface area contributed by atoms with Crippen molar-refractivity contribution in [2.24, 2.45) is 0 Å². The van der Waals surface area contributed by atoms with Crippen LogP contribution in [-0.2, 0) is 17.6 Å². The third-order valence-corrected chi connectivity index (χ3v) is 3.42. The second-order valence-electron chi connectivity index (χ2n) is 4.90. The van der Waals surface area contributed by atoms with Gasteiger partial charge in [0.1, 0.15) is 11.6 Å². The standard InChI is InChI=1S/C17H18F2O2/c1-21-10-9-12-5-7-13(8-6-12)17(20)11-14-15(18)3-2-4-16(14)19/h2-8,17,20H,9-11H2,1H3. The summed E-state index contributed by atoms with van der Waals surface area (Å²) in [5.41, 5.74) is 1.64. The van der Waals surface area contributed by atoms with Crippen LogP contribution >= 0.6 is 0 Å². The maximum Gasteiger partial charge on any atom is 0.129 e. The van der Waals surface area contributed by atoms with Gasteiger partial charge < -0.3 is 9.84 Å². The molecule has 2 aromatic carbocycles. The van der Waals surface area contributed by atoms with E-state index in [4.69, 9.17) is 4.74 Å². The van der Waals surface area contributed by atoms with Gasteiger partial charge in [-0.2, -0.15) is 0 Å². The number of halogens is 2. The molecule has 1 N–H and O–H groups in total. The van der Waals surface area contributed by atoms with E-state index < -0.39 is 17.7 Å². The number of benzene rings is 2. The Labute approximate surface area is 123 Å². The third kappa shape index (κ3) is 4.09. The van der Waals surface area contributed by atoms with E-state index in [2.05, 4.69) is 0 Å². The first kappa shape index (κ1) is 15.6. The van der Waals surface area contributed by atoms with Gasteiger partial charge in [-0.25, -0.2) is 8.78 Å². The molecule has 0 bridgehead atoms. The zero-order valence-electron chi connectivity index (χ0n) is 11.9. The summed E-state index contributed by atoms with van der Waals surface area (Å²) in [7, 11) is 1.64. The van der Waals surface area contributed by atoms with Crippen molar-refractivity contribution < 1.29 is 18.6 Å². The summed E-state index contributed by atoms with van der Waals surface area (Å²) < 4.78 is 32.1. The van der Waals surface area contributed by atoms with E-state index in [1.165, 1.54) is 18.2 Å². The molecule has 0 radical (unpaired) electrons. The van der Waals surface area contributed by atoms with Crippen molar-refractivity contribution in [3.05, 3.63) is 70.8 Å². The molecule has 0 heterocycles. The quantitative estimate of drug-likeness (QED) is 0.884. The van der Waals surface area contributed by atoms with Gasteiger partial charge in [-0.05, 0) is 29.7 Å². The maximum atomic E-state index is 13.6. The summed E-state index contributed by atoms with van der Waals surface area (Å²) in [4.78, 5) is 0. The second kappa shape index (κ2) is 7.29. The molecular formula is C17H18F2O2. The van der Waals surface area contributed by atoms with Crippen molar-refractivity contribution in [3.8, 4) is 0 Å². The maximum absolute atomic E-state index is 13.6. The Hall–Kier alpha value is -1.78. The molecule has 2 aromatic rings. The number of aliphatic hydroxyl groups excluding tert-OH is 1. The SMILES string of the molecule is COCCc1ccc(C(O)Cc2c(F)cccc2F)cc1. The first-order valence-electron chi connectivity index (χ1n) is 6.80. The number of rotatable bonds is 6. The fraction of sp³-hybridized carbons (Fsp3) is 0.294. The van der Waals surface area contributed by atoms with Crippen LogP contribution in [0.5, 0.6) is 0 Å². The summed E-state index contributed by atoms with van der Waals surface area (Å²) >= 11 is 0. The normalized spacial score (nSPS) is 12.4. The van der Waals surface area contributed by atoms with Crippen LogP contribution in [0.1, 0.15) is 22.8 Å². The predicted molar refractivity (Wildman–Crippen MR) is 77.0 cm³/mol. The summed E-state index contributed by atoms with van der Waals surface area (Å²) in [6, 6.07) is 11.0. The lowest BCUT2D eigenvalue weighted by molar-refractivity contribution is 0.175. The minimum atomic E-state index is -0.937. The van der Waals surface area contributed by atoms with Gasteiger partial charge in [0.25, 0.3) is 0 Å². The highest BCUT2D eigenvalue weighted by atomic mass is 19.1. The van der Waals surface area contributed by atoms with Crippen LogP contribution in [0, 0.1) is 11.6 Å². The van der Waals surface area contributed by atoms with Crippen molar-refractivity contribution >= 4 is 0 Å². The molecule has 2 nitrogen and oxygen atoms in total. The molecule has 0 fully saturated rings. The van der Waals surface area contributed by atoms with Crippen LogP contribution in [0.2, 0.25) is 0 Å². The lowest BCUT2D eigenvalue weighted by Gasteiger charge is -2.13. The van der Waals surface area contributed by atoms with E-state index >= 15 is 0 Å². The van der Waals surface area contributed by atoms with Gasteiger partial charge in [0.2, 0.25) is 0 Å². The highest BCUT2D eigenvalue weighted by molar-refractivity contribution is 5.27. The minimum absolute atomic E-state index is 0.0874. The zero-order chi connectivity index (χ0) is 15.2. The van der Waals surface area contributed by atoms with Gasteiger partial charge in [-0.1, -0.05) is 30.3 Å². The monoisotopic (exact) mass is 292 g/mol. The predicted octanol–water partition coefficient (Wildman–Crippen LogP) is 3.43. The molecule has 0 saturated carbocycles. The molecule has 1 atom stereocenters. The molecule has 112 valence electrons. The minimum Gasteiger partial charge on any atom is -0.388 e. The molecule has 0 aromatic heterocycles. The van der Waals surface area contributed by atoms with Crippen LogP contribution in [0.15, 0.2) is 42.5 Å². The van der Waals surface area contributed by atoms with Gasteiger partial charge in [0.15, 0.2) is 0 Å². The van der Waals surface area contributed by atoms with E-state index in [0.717, 1.165) is 12.0 Å². The third-order valence-electron chi connectivity index (χ3n) is 3.42. The molecular weight excluding hydrogens is 274 g/mol. The Morgan fingerprint density at radius 3 is 2.24 bits per heavy atom. The van der Waals surface area contributed by atoms with Crippen molar-refractivity contribution in [2.75, 3.05) is 13.7 Å². The lowest BCUT2D eigenvalue weighted by Crippen LogP contribution is -2.06. The number of hydrogen-bond acceptors (Lipinski definition) is 2. The van der Waals surface area contributed by atoms with Crippen LogP contribution in [0.25, 0.3) is 0 Å². The van der Waals surface area contributed by atoms with E-state index in [1.807, 2.05) is 12.1 Å². The summed E-state index contributed by atoms with van der Waals surface area (Å²) in [6.07, 6.45) is -0.238. The van der Waals surface area contributed by atoms with Gasteiger partial charge in [0, 0.05) is 19.1 Å². The highest BCUT2D eigenvalue weighted by Crippen LogP contribution is 2.22. The van der Waals surface area contributed by atoms with Crippen LogP contribution in [0.3, 0.4) is 0 Å². The largest absolute Gasteiger partial charge is 0.388 e. The Balaban J connectivity index is 2.08. The number of ether oxygens (including phenoxy) is 1. The zero-order valence-corrected chi connectivity index (χ0v) is 11.9. The Kier molecular flexibility index (Phi) is 5.42. The van der Waals surface area contributed by atoms with E-state index in [0.29, 0.717) is 12.2 Å². The average molecular weight is 292 g/mol. The first-order valence-corrected chi connectivity index (χ1v) is 6.80. The summed E-state index contributed by atoms with van der Waals surface area (Å²) in [6.45, 7) is 0.627.